The van der Waals surface area contributed by atoms with Gasteiger partial charge in [0.05, 0.1) is 10.6 Å². The van der Waals surface area contributed by atoms with Crippen molar-refractivity contribution in [2.45, 2.75) is 63.3 Å². The van der Waals surface area contributed by atoms with Gasteiger partial charge < -0.3 is 15.4 Å². The van der Waals surface area contributed by atoms with Crippen LogP contribution in [0.1, 0.15) is 52.4 Å². The summed E-state index contributed by atoms with van der Waals surface area (Å²) in [4.78, 5) is 4.70. The highest BCUT2D eigenvalue weighted by molar-refractivity contribution is 14.0. The number of halogens is 1. The zero-order valence-electron chi connectivity index (χ0n) is 18.5. The molecule has 8 heteroatoms. The molecule has 1 aromatic rings. The van der Waals surface area contributed by atoms with Gasteiger partial charge in [-0.3, -0.25) is 4.99 Å². The lowest BCUT2D eigenvalue weighted by Crippen LogP contribution is -2.48. The highest BCUT2D eigenvalue weighted by atomic mass is 127. The first-order valence-electron chi connectivity index (χ1n) is 10.8. The molecule has 0 amide bonds. The summed E-state index contributed by atoms with van der Waals surface area (Å²) >= 11 is 0. The van der Waals surface area contributed by atoms with E-state index in [0.29, 0.717) is 17.3 Å². The van der Waals surface area contributed by atoms with Gasteiger partial charge in [-0.25, -0.2) is 8.42 Å². The molecule has 0 aliphatic heterocycles. The maximum atomic E-state index is 12.7. The lowest BCUT2D eigenvalue weighted by Gasteiger charge is -2.31. The lowest BCUT2D eigenvalue weighted by atomic mass is 9.83. The Hall–Kier alpha value is -0.870. The molecular formula is C22H38IN3O3S. The van der Waals surface area contributed by atoms with E-state index in [9.17, 15) is 8.42 Å². The third-order valence-corrected chi connectivity index (χ3v) is 7.69. The van der Waals surface area contributed by atoms with Gasteiger partial charge >= 0.3 is 0 Å². The molecule has 1 aliphatic rings. The van der Waals surface area contributed by atoms with Crippen LogP contribution in [-0.4, -0.2) is 53.0 Å². The molecule has 1 aromatic carbocycles. The van der Waals surface area contributed by atoms with Crippen LogP contribution in [0.2, 0.25) is 0 Å². The quantitative estimate of drug-likeness (QED) is 0.188. The second-order valence-corrected chi connectivity index (χ2v) is 9.96. The van der Waals surface area contributed by atoms with Gasteiger partial charge in [-0.15, -0.1) is 24.0 Å². The summed E-state index contributed by atoms with van der Waals surface area (Å²) in [7, 11) is -1.61. The molecule has 0 heterocycles. The van der Waals surface area contributed by atoms with E-state index in [1.54, 1.807) is 31.3 Å². The molecule has 1 atom stereocenters. The summed E-state index contributed by atoms with van der Waals surface area (Å²) in [5.41, 5.74) is 0.241. The summed E-state index contributed by atoms with van der Waals surface area (Å²) in [5, 5.41) is 6.77. The first kappa shape index (κ1) is 27.2. The summed E-state index contributed by atoms with van der Waals surface area (Å²) in [6, 6.07) is 8.43. The van der Waals surface area contributed by atoms with Crippen molar-refractivity contribution >= 4 is 39.8 Å². The van der Waals surface area contributed by atoms with Crippen LogP contribution in [-0.2, 0) is 14.6 Å². The van der Waals surface area contributed by atoms with Crippen molar-refractivity contribution in [3.05, 3.63) is 30.3 Å². The fourth-order valence-electron chi connectivity index (χ4n) is 3.98. The molecule has 0 bridgehead atoms. The van der Waals surface area contributed by atoms with Crippen LogP contribution < -0.4 is 10.6 Å². The highest BCUT2D eigenvalue weighted by Crippen LogP contribution is 2.40. The average molecular weight is 552 g/mol. The van der Waals surface area contributed by atoms with E-state index < -0.39 is 9.84 Å². The number of nitrogens with zero attached hydrogens (tertiary/aromatic N) is 1. The second kappa shape index (κ2) is 13.5. The van der Waals surface area contributed by atoms with Crippen LogP contribution in [0.4, 0.5) is 0 Å². The number of nitrogens with one attached hydrogen (secondary N) is 2. The van der Waals surface area contributed by atoms with Crippen LogP contribution in [0, 0.1) is 5.41 Å². The Balaban J connectivity index is 0.00000450. The number of hydrogen-bond donors (Lipinski definition) is 2. The van der Waals surface area contributed by atoms with E-state index in [1.165, 1.54) is 25.7 Å². The van der Waals surface area contributed by atoms with E-state index in [2.05, 4.69) is 15.6 Å². The Morgan fingerprint density at radius 3 is 2.43 bits per heavy atom. The van der Waals surface area contributed by atoms with Gasteiger partial charge in [-0.05, 0) is 50.2 Å². The maximum Gasteiger partial charge on any atom is 0.191 e. The minimum absolute atomic E-state index is 0. The lowest BCUT2D eigenvalue weighted by molar-refractivity contribution is 0.105. The third kappa shape index (κ3) is 8.34. The first-order chi connectivity index (χ1) is 13.9. The van der Waals surface area contributed by atoms with Crippen molar-refractivity contribution < 1.29 is 13.2 Å². The van der Waals surface area contributed by atoms with Gasteiger partial charge in [0.1, 0.15) is 0 Å². The van der Waals surface area contributed by atoms with E-state index in [1.807, 2.05) is 19.9 Å². The van der Waals surface area contributed by atoms with E-state index in [-0.39, 0.29) is 41.2 Å². The third-order valence-electron chi connectivity index (χ3n) is 5.86. The molecular weight excluding hydrogens is 513 g/mol. The van der Waals surface area contributed by atoms with Crippen molar-refractivity contribution in [3.63, 3.8) is 0 Å². The molecule has 172 valence electrons. The van der Waals surface area contributed by atoms with Crippen LogP contribution in [0.15, 0.2) is 40.2 Å². The number of guanidine groups is 1. The molecule has 1 unspecified atom stereocenters. The minimum atomic E-state index is -3.34. The molecule has 2 N–H and O–H groups in total. The minimum Gasteiger partial charge on any atom is -0.382 e. The van der Waals surface area contributed by atoms with Crippen LogP contribution >= 0.6 is 24.0 Å². The van der Waals surface area contributed by atoms with Gasteiger partial charge in [-0.1, -0.05) is 38.0 Å². The predicted octanol–water partition coefficient (Wildman–Crippen LogP) is 4.01. The van der Waals surface area contributed by atoms with Crippen LogP contribution in [0.25, 0.3) is 0 Å². The monoisotopic (exact) mass is 551 g/mol. The molecule has 2 rings (SSSR count). The molecule has 1 saturated carbocycles. The van der Waals surface area contributed by atoms with Crippen molar-refractivity contribution in [2.24, 2.45) is 10.4 Å². The van der Waals surface area contributed by atoms with Gasteiger partial charge in [0.25, 0.3) is 0 Å². The van der Waals surface area contributed by atoms with Crippen LogP contribution in [0.3, 0.4) is 0 Å². The number of rotatable bonds is 11. The normalized spacial score (nSPS) is 17.2. The number of sulfone groups is 1. The Morgan fingerprint density at radius 1 is 1.20 bits per heavy atom. The van der Waals surface area contributed by atoms with Crippen LogP contribution in [0.5, 0.6) is 0 Å². The van der Waals surface area contributed by atoms with Crippen molar-refractivity contribution in [2.75, 3.05) is 32.6 Å². The Morgan fingerprint density at radius 2 is 1.87 bits per heavy atom. The van der Waals surface area contributed by atoms with Crippen molar-refractivity contribution in [1.29, 1.82) is 0 Å². The SMILES string of the molecule is CCOCCC1(CNC(=NC)NC(CC)CS(=O)(=O)c2ccccc2)CCCC1.I. The van der Waals surface area contributed by atoms with Crippen molar-refractivity contribution in [1.82, 2.24) is 10.6 Å². The standard InChI is InChI=1S/C22H37N3O3S.HI/c1-4-19(17-29(26,27)20-11-7-6-8-12-20)25-21(23-3)24-18-22(13-9-10-14-22)15-16-28-5-2;/h6-8,11-12,19H,4-5,9-10,13-18H2,1-3H3,(H2,23,24,25);1H. The Labute approximate surface area is 199 Å². The zero-order chi connectivity index (χ0) is 21.2. The molecule has 0 aromatic heterocycles. The molecule has 1 fully saturated rings. The number of aliphatic imine (C=N–C) groups is 1. The Bertz CT molecular complexity index is 735. The van der Waals surface area contributed by atoms with E-state index >= 15 is 0 Å². The van der Waals surface area contributed by atoms with Gasteiger partial charge in [0.15, 0.2) is 15.8 Å². The largest absolute Gasteiger partial charge is 0.382 e. The van der Waals surface area contributed by atoms with Gasteiger partial charge in [0, 0.05) is 32.8 Å². The Kier molecular flexibility index (Phi) is 12.2. The zero-order valence-corrected chi connectivity index (χ0v) is 21.7. The fourth-order valence-corrected chi connectivity index (χ4v) is 5.60. The predicted molar refractivity (Wildman–Crippen MR) is 134 cm³/mol. The fraction of sp³-hybridized carbons (Fsp3) is 0.682. The molecule has 1 aliphatic carbocycles. The average Bonchev–Trinajstić information content (AvgIpc) is 3.20. The number of benzene rings is 1. The van der Waals surface area contributed by atoms with Gasteiger partial charge in [0.2, 0.25) is 0 Å². The molecule has 30 heavy (non-hydrogen) atoms. The number of hydrogen-bond acceptors (Lipinski definition) is 4. The summed E-state index contributed by atoms with van der Waals surface area (Å²) in [5.74, 6) is 0.715. The molecule has 0 spiro atoms. The second-order valence-electron chi connectivity index (χ2n) is 7.92. The summed E-state index contributed by atoms with van der Waals surface area (Å²) in [6.07, 6.45) is 6.65. The smallest absolute Gasteiger partial charge is 0.191 e. The molecule has 6 nitrogen and oxygen atoms in total. The molecule has 0 radical (unpaired) electrons. The van der Waals surface area contributed by atoms with Gasteiger partial charge in [-0.2, -0.15) is 0 Å². The highest BCUT2D eigenvalue weighted by Gasteiger charge is 2.33. The maximum absolute atomic E-state index is 12.7. The molecule has 0 saturated heterocycles. The van der Waals surface area contributed by atoms with E-state index in [0.717, 1.165) is 26.2 Å². The van der Waals surface area contributed by atoms with Crippen molar-refractivity contribution in [3.8, 4) is 0 Å². The summed E-state index contributed by atoms with van der Waals surface area (Å²) < 4.78 is 31.0. The summed E-state index contributed by atoms with van der Waals surface area (Å²) in [6.45, 7) is 6.39. The first-order valence-corrected chi connectivity index (χ1v) is 12.4. The topological polar surface area (TPSA) is 79.8 Å². The van der Waals surface area contributed by atoms with E-state index in [4.69, 9.17) is 4.74 Å². The number of ether oxygens (including phenoxy) is 1.